The van der Waals surface area contributed by atoms with Gasteiger partial charge < -0.3 is 20.3 Å². The zero-order valence-electron chi connectivity index (χ0n) is 21.7. The van der Waals surface area contributed by atoms with Crippen LogP contribution in [0.4, 0.5) is 17.3 Å². The van der Waals surface area contributed by atoms with Crippen LogP contribution < -0.4 is 10.6 Å². The van der Waals surface area contributed by atoms with Gasteiger partial charge in [-0.3, -0.25) is 24.6 Å². The lowest BCUT2D eigenvalue weighted by atomic mass is 10.1. The lowest BCUT2D eigenvalue weighted by molar-refractivity contribution is -0.383. The minimum atomic E-state index is -0.698. The van der Waals surface area contributed by atoms with Crippen molar-refractivity contribution in [2.24, 2.45) is 0 Å². The Morgan fingerprint density at radius 2 is 1.89 bits per heavy atom. The molecular weight excluding hydrogens is 478 g/mol. The number of nitrogens with two attached hydrogens (primary N) is 1. The lowest BCUT2D eigenvalue weighted by Crippen LogP contribution is -2.34. The molecule has 0 spiro atoms. The van der Waals surface area contributed by atoms with E-state index < -0.39 is 28.3 Å². The number of anilines is 2. The van der Waals surface area contributed by atoms with Gasteiger partial charge in [0.25, 0.3) is 5.91 Å². The average molecular weight is 514 g/mol. The number of ether oxygens (including phenoxy) is 1. The van der Waals surface area contributed by atoms with Crippen LogP contribution in [0, 0.1) is 10.1 Å². The highest BCUT2D eigenvalue weighted by molar-refractivity contribution is 5.92. The van der Waals surface area contributed by atoms with Crippen LogP contribution in [-0.2, 0) is 22.6 Å². The smallest absolute Gasteiger partial charge is 0.353 e. The van der Waals surface area contributed by atoms with Crippen molar-refractivity contribution in [2.75, 3.05) is 50.5 Å². The van der Waals surface area contributed by atoms with Crippen LogP contribution in [0.25, 0.3) is 0 Å². The van der Waals surface area contributed by atoms with Crippen molar-refractivity contribution in [2.45, 2.75) is 46.2 Å². The molecule has 1 aliphatic heterocycles. The summed E-state index contributed by atoms with van der Waals surface area (Å²) in [4.78, 5) is 50.1. The number of benzene rings is 1. The van der Waals surface area contributed by atoms with Crippen LogP contribution in [0.15, 0.2) is 24.3 Å². The first-order valence-electron chi connectivity index (χ1n) is 12.5. The fourth-order valence-corrected chi connectivity index (χ4v) is 4.37. The maximum atomic E-state index is 12.9. The van der Waals surface area contributed by atoms with Gasteiger partial charge in [0.1, 0.15) is 6.54 Å². The largest absolute Gasteiger partial charge is 0.465 e. The molecule has 200 valence electrons. The standard InChI is InChI=1S/C25H35N7O5/c1-4-11-29(3)25(34)23-27-22(26)21(32(35)36)24(28-23)31(17-20(33)37-5-2)16-19-10-8-9-18(14-19)15-30-12-6-7-13-30/h8-10,14H,4-7,11-13,15-17H2,1-3H3,(H2,26,27,28). The van der Waals surface area contributed by atoms with Gasteiger partial charge in [0.05, 0.1) is 11.5 Å². The van der Waals surface area contributed by atoms with Crippen LogP contribution in [0.5, 0.6) is 0 Å². The molecule has 0 bridgehead atoms. The summed E-state index contributed by atoms with van der Waals surface area (Å²) in [6.45, 7) is 6.89. The lowest BCUT2D eigenvalue weighted by Gasteiger charge is -2.24. The Balaban J connectivity index is 2.01. The van der Waals surface area contributed by atoms with Crippen LogP contribution >= 0.6 is 0 Å². The molecule has 1 amide bonds. The summed E-state index contributed by atoms with van der Waals surface area (Å²) in [7, 11) is 1.59. The van der Waals surface area contributed by atoms with E-state index in [1.165, 1.54) is 22.6 Å². The van der Waals surface area contributed by atoms with E-state index in [0.717, 1.165) is 30.8 Å². The molecular formula is C25H35N7O5. The van der Waals surface area contributed by atoms with Crippen molar-refractivity contribution in [3.63, 3.8) is 0 Å². The quantitative estimate of drug-likeness (QED) is 0.255. The zero-order chi connectivity index (χ0) is 26.9. The molecule has 1 aliphatic rings. The Morgan fingerprint density at radius 1 is 1.19 bits per heavy atom. The molecule has 0 aliphatic carbocycles. The predicted molar refractivity (Wildman–Crippen MR) is 139 cm³/mol. The molecule has 0 atom stereocenters. The first-order valence-corrected chi connectivity index (χ1v) is 12.5. The summed E-state index contributed by atoms with van der Waals surface area (Å²) >= 11 is 0. The number of aromatic nitrogens is 2. The van der Waals surface area contributed by atoms with E-state index >= 15 is 0 Å². The van der Waals surface area contributed by atoms with E-state index in [-0.39, 0.29) is 31.3 Å². The minimum Gasteiger partial charge on any atom is -0.465 e. The maximum Gasteiger partial charge on any atom is 0.353 e. The second-order valence-electron chi connectivity index (χ2n) is 9.05. The molecule has 0 radical (unpaired) electrons. The average Bonchev–Trinajstić information content (AvgIpc) is 3.36. The van der Waals surface area contributed by atoms with Crippen molar-refractivity contribution in [1.29, 1.82) is 0 Å². The number of nitrogens with zero attached hydrogens (tertiary/aromatic N) is 6. The summed E-state index contributed by atoms with van der Waals surface area (Å²) in [5.41, 5.74) is 7.32. The third kappa shape index (κ3) is 7.35. The number of hydrogen-bond donors (Lipinski definition) is 1. The van der Waals surface area contributed by atoms with Gasteiger partial charge >= 0.3 is 11.7 Å². The molecule has 3 rings (SSSR count). The second-order valence-corrected chi connectivity index (χ2v) is 9.05. The number of rotatable bonds is 12. The first kappa shape index (κ1) is 27.8. The summed E-state index contributed by atoms with van der Waals surface area (Å²) < 4.78 is 5.12. The van der Waals surface area contributed by atoms with Crippen molar-refractivity contribution in [3.05, 3.63) is 51.3 Å². The van der Waals surface area contributed by atoms with Gasteiger partial charge in [0.2, 0.25) is 17.5 Å². The number of nitro groups is 1. The fourth-order valence-electron chi connectivity index (χ4n) is 4.37. The highest BCUT2D eigenvalue weighted by Gasteiger charge is 2.31. The van der Waals surface area contributed by atoms with Crippen molar-refractivity contribution in [3.8, 4) is 0 Å². The van der Waals surface area contributed by atoms with Crippen molar-refractivity contribution >= 4 is 29.2 Å². The number of esters is 1. The van der Waals surface area contributed by atoms with Crippen LogP contribution in [0.2, 0.25) is 0 Å². The summed E-state index contributed by atoms with van der Waals surface area (Å²) in [5.74, 6) is -2.03. The van der Waals surface area contributed by atoms with E-state index in [0.29, 0.717) is 13.0 Å². The first-order chi connectivity index (χ1) is 17.7. The number of amides is 1. The molecule has 12 heteroatoms. The summed E-state index contributed by atoms with van der Waals surface area (Å²) in [6.07, 6.45) is 3.07. The SMILES string of the molecule is CCCN(C)C(=O)c1nc(N)c([N+](=O)[O-])c(N(CC(=O)OCC)Cc2cccc(CN3CCCC3)c2)n1. The molecule has 2 aromatic rings. The molecule has 2 N–H and O–H groups in total. The van der Waals surface area contributed by atoms with Crippen LogP contribution in [0.1, 0.15) is 54.9 Å². The topological polar surface area (TPSA) is 148 Å². The third-order valence-corrected chi connectivity index (χ3v) is 6.07. The van der Waals surface area contributed by atoms with Gasteiger partial charge in [-0.2, -0.15) is 9.97 Å². The highest BCUT2D eigenvalue weighted by atomic mass is 16.6. The van der Waals surface area contributed by atoms with Gasteiger partial charge in [-0.15, -0.1) is 0 Å². The predicted octanol–water partition coefficient (Wildman–Crippen LogP) is 2.61. The van der Waals surface area contributed by atoms with E-state index in [1.54, 1.807) is 14.0 Å². The van der Waals surface area contributed by atoms with E-state index in [2.05, 4.69) is 14.9 Å². The molecule has 1 aromatic heterocycles. The molecule has 0 saturated carbocycles. The number of carbonyl (C=O) groups excluding carboxylic acids is 2. The summed E-state index contributed by atoms with van der Waals surface area (Å²) in [5, 5.41) is 12.0. The van der Waals surface area contributed by atoms with Gasteiger partial charge in [-0.25, -0.2) is 0 Å². The van der Waals surface area contributed by atoms with Crippen molar-refractivity contribution < 1.29 is 19.2 Å². The van der Waals surface area contributed by atoms with Crippen LogP contribution in [-0.4, -0.2) is 76.4 Å². The molecule has 0 unspecified atom stereocenters. The van der Waals surface area contributed by atoms with Gasteiger partial charge in [-0.1, -0.05) is 31.2 Å². The molecule has 1 fully saturated rings. The minimum absolute atomic E-state index is 0.113. The van der Waals surface area contributed by atoms with E-state index in [9.17, 15) is 19.7 Å². The number of hydrogen-bond acceptors (Lipinski definition) is 10. The van der Waals surface area contributed by atoms with Crippen LogP contribution in [0.3, 0.4) is 0 Å². The zero-order valence-corrected chi connectivity index (χ0v) is 21.7. The Morgan fingerprint density at radius 3 is 2.54 bits per heavy atom. The number of carbonyl (C=O) groups is 2. The molecule has 1 aromatic carbocycles. The summed E-state index contributed by atoms with van der Waals surface area (Å²) in [6, 6.07) is 7.83. The third-order valence-electron chi connectivity index (χ3n) is 6.07. The Labute approximate surface area is 216 Å². The number of likely N-dealkylation sites (tertiary alicyclic amines) is 1. The van der Waals surface area contributed by atoms with Gasteiger partial charge in [0, 0.05) is 26.7 Å². The highest BCUT2D eigenvalue weighted by Crippen LogP contribution is 2.32. The van der Waals surface area contributed by atoms with E-state index in [4.69, 9.17) is 10.5 Å². The van der Waals surface area contributed by atoms with Crippen molar-refractivity contribution in [1.82, 2.24) is 19.8 Å². The normalized spacial score (nSPS) is 13.4. The van der Waals surface area contributed by atoms with E-state index in [1.807, 2.05) is 31.2 Å². The molecule has 1 saturated heterocycles. The maximum absolute atomic E-state index is 12.9. The monoisotopic (exact) mass is 513 g/mol. The molecule has 12 nitrogen and oxygen atoms in total. The number of nitrogen functional groups attached to an aromatic ring is 1. The molecule has 2 heterocycles. The second kappa shape index (κ2) is 12.9. The van der Waals surface area contributed by atoms with Gasteiger partial charge in [-0.05, 0) is 50.4 Å². The Kier molecular flexibility index (Phi) is 9.72. The fraction of sp³-hybridized carbons (Fsp3) is 0.520. The Bertz CT molecular complexity index is 1120. The van der Waals surface area contributed by atoms with Gasteiger partial charge in [0.15, 0.2) is 0 Å². The Hall–Kier alpha value is -3.80. The molecule has 37 heavy (non-hydrogen) atoms.